The molecule has 0 fully saturated rings. The number of rotatable bonds is 12. The Kier molecular flexibility index (Phi) is 21.3. The Morgan fingerprint density at radius 3 is 2.19 bits per heavy atom. The van der Waals surface area contributed by atoms with Gasteiger partial charge in [0.2, 0.25) is 5.91 Å². The van der Waals surface area contributed by atoms with Crippen LogP contribution in [0.4, 0.5) is 0 Å². The molecule has 0 spiro atoms. The molecule has 0 bridgehead atoms. The van der Waals surface area contributed by atoms with E-state index < -0.39 is 27.8 Å². The number of carbonyl (C=O) groups excluding carboxylic acids is 1. The van der Waals surface area contributed by atoms with Gasteiger partial charge in [-0.15, -0.1) is 0 Å². The van der Waals surface area contributed by atoms with Crippen LogP contribution >= 0.6 is 12.6 Å². The number of hydrogen-bond donors (Lipinski definition) is 5. The summed E-state index contributed by atoms with van der Waals surface area (Å²) in [6.07, 6.45) is -1.22. The van der Waals surface area contributed by atoms with E-state index in [-0.39, 0.29) is 66.8 Å². The average molecular weight is 461 g/mol. The van der Waals surface area contributed by atoms with Gasteiger partial charge in [0.25, 0.3) is 0 Å². The van der Waals surface area contributed by atoms with Crippen LogP contribution in [0.1, 0.15) is 37.0 Å². The maximum Gasteiger partial charge on any atom is 2.00 e. The van der Waals surface area contributed by atoms with Gasteiger partial charge in [0.1, 0.15) is 6.10 Å². The third-order valence-corrected chi connectivity index (χ3v) is 4.22. The molecule has 0 saturated heterocycles. The number of aliphatic hydroxyl groups excluding tert-OH is 2. The van der Waals surface area contributed by atoms with Crippen molar-refractivity contribution in [3.05, 3.63) is 0 Å². The standard InChI is InChI=1S/C9H19NO7S.C6H15NS.Ca.2H/c1-9(2,6-11)7(12)8(13)10-4-3-5-17-18(14,15)16;1-3-7(4-2)5-6-8;;;/h7,11-12H,3-6H2,1-2H3,(H,10,13)(H,14,15,16);8H,3-6H2,1-2H3;;;/q;;+2;2*-1. The molecule has 12 heteroatoms. The molecule has 0 rings (SSSR count). The maximum atomic E-state index is 11.4. The van der Waals surface area contributed by atoms with E-state index in [0.717, 1.165) is 25.4 Å². The molecule has 0 aromatic heterocycles. The van der Waals surface area contributed by atoms with Crippen molar-refractivity contribution in [2.24, 2.45) is 5.41 Å². The molecule has 1 unspecified atom stereocenters. The molecular weight excluding hydrogens is 424 g/mol. The molecule has 1 amide bonds. The number of aliphatic hydroxyl groups is 2. The van der Waals surface area contributed by atoms with Gasteiger partial charge < -0.3 is 23.3 Å². The molecule has 1 atom stereocenters. The van der Waals surface area contributed by atoms with E-state index in [1.807, 2.05) is 0 Å². The molecule has 0 aliphatic rings. The number of nitrogens with one attached hydrogen (secondary N) is 1. The first kappa shape index (κ1) is 32.5. The zero-order chi connectivity index (χ0) is 20.8. The molecule has 27 heavy (non-hydrogen) atoms. The minimum absolute atomic E-state index is 0. The molecule has 0 radical (unpaired) electrons. The van der Waals surface area contributed by atoms with Gasteiger partial charge >= 0.3 is 48.1 Å². The first-order valence-electron chi connectivity index (χ1n) is 8.46. The minimum atomic E-state index is -4.46. The van der Waals surface area contributed by atoms with E-state index in [0.29, 0.717) is 0 Å². The Balaban J connectivity index is -0.000000150. The van der Waals surface area contributed by atoms with Gasteiger partial charge in [-0.1, -0.05) is 27.7 Å². The summed E-state index contributed by atoms with van der Waals surface area (Å²) in [5.41, 5.74) is -0.963. The van der Waals surface area contributed by atoms with Crippen LogP contribution in [0, 0.1) is 5.41 Å². The van der Waals surface area contributed by atoms with E-state index in [2.05, 4.69) is 40.9 Å². The van der Waals surface area contributed by atoms with Crippen LogP contribution in [0.25, 0.3) is 0 Å². The van der Waals surface area contributed by atoms with Crippen LogP contribution in [0.2, 0.25) is 0 Å². The van der Waals surface area contributed by atoms with Crippen molar-refractivity contribution >= 4 is 66.7 Å². The fourth-order valence-electron chi connectivity index (χ4n) is 1.67. The minimum Gasteiger partial charge on any atom is -1.00 e. The van der Waals surface area contributed by atoms with E-state index >= 15 is 0 Å². The topological polar surface area (TPSA) is 136 Å². The number of carbonyl (C=O) groups is 1. The number of amides is 1. The molecule has 0 saturated carbocycles. The first-order chi connectivity index (χ1) is 11.9. The Hall–Kier alpha value is 0.830. The van der Waals surface area contributed by atoms with E-state index in [1.54, 1.807) is 0 Å². The molecule has 9 nitrogen and oxygen atoms in total. The molecular formula is C15H36CaN2O7S2. The zero-order valence-electron chi connectivity index (χ0n) is 18.7. The average Bonchev–Trinajstić information content (AvgIpc) is 2.57. The molecule has 0 aromatic carbocycles. The predicted octanol–water partition coefficient (Wildman–Crippen LogP) is -0.206. The Labute approximate surface area is 201 Å². The summed E-state index contributed by atoms with van der Waals surface area (Å²) in [5, 5.41) is 20.9. The van der Waals surface area contributed by atoms with Gasteiger partial charge in [0, 0.05) is 24.3 Å². The van der Waals surface area contributed by atoms with Crippen LogP contribution in [0.3, 0.4) is 0 Å². The maximum absolute atomic E-state index is 11.4. The fourth-order valence-corrected chi connectivity index (χ4v) is 2.28. The van der Waals surface area contributed by atoms with Crippen LogP contribution < -0.4 is 5.32 Å². The van der Waals surface area contributed by atoms with Crippen LogP contribution in [0.5, 0.6) is 0 Å². The largest absolute Gasteiger partial charge is 2.00 e. The molecule has 4 N–H and O–H groups in total. The molecule has 0 aliphatic heterocycles. The Bertz CT molecular complexity index is 485. The number of hydrogen-bond acceptors (Lipinski definition) is 8. The molecule has 0 aromatic rings. The summed E-state index contributed by atoms with van der Waals surface area (Å²) in [4.78, 5) is 13.8. The Morgan fingerprint density at radius 1 is 1.33 bits per heavy atom. The third-order valence-electron chi connectivity index (χ3n) is 3.56. The van der Waals surface area contributed by atoms with Crippen LogP contribution in [-0.2, 0) is 19.4 Å². The quantitative estimate of drug-likeness (QED) is 0.117. The number of nitrogens with zero attached hydrogens (tertiary/aromatic N) is 1. The zero-order valence-corrected chi connectivity index (χ0v) is 20.6. The third kappa shape index (κ3) is 18.6. The second-order valence-electron chi connectivity index (χ2n) is 6.19. The van der Waals surface area contributed by atoms with E-state index in [4.69, 9.17) is 9.66 Å². The van der Waals surface area contributed by atoms with Crippen molar-refractivity contribution < 1.29 is 35.0 Å². The SMILES string of the molecule is CC(C)(CO)C(O)C(=O)NCCCOS(=O)(=O)O.CCN(CC)CCS.[Ca+2].[H-].[H-]. The summed E-state index contributed by atoms with van der Waals surface area (Å²) in [7, 11) is -4.46. The summed E-state index contributed by atoms with van der Waals surface area (Å²) < 4.78 is 32.7. The van der Waals surface area contributed by atoms with E-state index in [1.165, 1.54) is 13.8 Å². The second-order valence-corrected chi connectivity index (χ2v) is 7.73. The smallest absolute Gasteiger partial charge is 1.00 e. The van der Waals surface area contributed by atoms with Crippen molar-refractivity contribution in [2.45, 2.75) is 40.2 Å². The van der Waals surface area contributed by atoms with Crippen LogP contribution in [-0.4, -0.2) is 123 Å². The summed E-state index contributed by atoms with van der Waals surface area (Å²) in [5.74, 6) is 0.308. The van der Waals surface area contributed by atoms with Gasteiger partial charge in [0.15, 0.2) is 0 Å². The summed E-state index contributed by atoms with van der Waals surface area (Å²) >= 11 is 4.13. The summed E-state index contributed by atoms with van der Waals surface area (Å²) in [6, 6.07) is 0. The Morgan fingerprint density at radius 2 is 1.85 bits per heavy atom. The number of thiol groups is 1. The van der Waals surface area contributed by atoms with Crippen molar-refractivity contribution in [1.29, 1.82) is 0 Å². The predicted molar refractivity (Wildman–Crippen MR) is 112 cm³/mol. The summed E-state index contributed by atoms with van der Waals surface area (Å²) in [6.45, 7) is 10.3. The molecule has 0 heterocycles. The fraction of sp³-hybridized carbons (Fsp3) is 0.933. The second kappa shape index (κ2) is 17.7. The van der Waals surface area contributed by atoms with Crippen molar-refractivity contribution in [3.8, 4) is 0 Å². The van der Waals surface area contributed by atoms with E-state index in [9.17, 15) is 18.3 Å². The van der Waals surface area contributed by atoms with Crippen LogP contribution in [0.15, 0.2) is 0 Å². The molecule has 162 valence electrons. The van der Waals surface area contributed by atoms with Gasteiger partial charge in [-0.2, -0.15) is 21.0 Å². The van der Waals surface area contributed by atoms with Gasteiger partial charge in [-0.05, 0) is 19.5 Å². The normalized spacial score (nSPS) is 12.6. The van der Waals surface area contributed by atoms with Gasteiger partial charge in [0.05, 0.1) is 13.2 Å². The van der Waals surface area contributed by atoms with Gasteiger partial charge in [-0.25, -0.2) is 4.18 Å². The van der Waals surface area contributed by atoms with Gasteiger partial charge in [-0.3, -0.25) is 9.35 Å². The monoisotopic (exact) mass is 460 g/mol. The van der Waals surface area contributed by atoms with Crippen molar-refractivity contribution in [2.75, 3.05) is 45.1 Å². The molecule has 0 aliphatic carbocycles. The van der Waals surface area contributed by atoms with Crippen molar-refractivity contribution in [3.63, 3.8) is 0 Å². The first-order valence-corrected chi connectivity index (χ1v) is 10.5. The van der Waals surface area contributed by atoms with Crippen molar-refractivity contribution in [1.82, 2.24) is 10.2 Å².